The van der Waals surface area contributed by atoms with Gasteiger partial charge in [-0.15, -0.1) is 10.2 Å². The number of nitrogens with one attached hydrogen (secondary N) is 1. The molecule has 3 rings (SSSR count). The molecule has 2 aromatic rings. The van der Waals surface area contributed by atoms with Crippen molar-refractivity contribution in [1.82, 2.24) is 15.1 Å². The smallest absolute Gasteiger partial charge is 0.257 e. The molecule has 1 aromatic carbocycles. The number of imide groups is 1. The topological polar surface area (TPSA) is 92.3 Å². The van der Waals surface area contributed by atoms with E-state index in [-0.39, 0.29) is 37.1 Å². The zero-order chi connectivity index (χ0) is 16.4. The fourth-order valence-corrected chi connectivity index (χ4v) is 2.85. The van der Waals surface area contributed by atoms with Crippen molar-refractivity contribution < 1.29 is 14.4 Å². The van der Waals surface area contributed by atoms with Crippen LogP contribution in [-0.2, 0) is 16.1 Å². The van der Waals surface area contributed by atoms with Gasteiger partial charge in [0.1, 0.15) is 5.01 Å². The zero-order valence-electron chi connectivity index (χ0n) is 12.4. The van der Waals surface area contributed by atoms with Crippen LogP contribution < -0.4 is 5.32 Å². The summed E-state index contributed by atoms with van der Waals surface area (Å²) in [6.45, 7) is 2.05. The number of hydrogen-bond acceptors (Lipinski definition) is 6. The van der Waals surface area contributed by atoms with Crippen molar-refractivity contribution in [3.8, 4) is 0 Å². The van der Waals surface area contributed by atoms with Crippen LogP contribution in [0.2, 0.25) is 0 Å². The monoisotopic (exact) mass is 330 g/mol. The van der Waals surface area contributed by atoms with Gasteiger partial charge in [0.2, 0.25) is 16.9 Å². The highest BCUT2D eigenvalue weighted by atomic mass is 32.1. The highest BCUT2D eigenvalue weighted by Gasteiger charge is 2.28. The average molecular weight is 330 g/mol. The number of rotatable bonds is 4. The van der Waals surface area contributed by atoms with Crippen LogP contribution in [0.5, 0.6) is 0 Å². The molecule has 1 aromatic heterocycles. The molecule has 0 radical (unpaired) electrons. The third kappa shape index (κ3) is 3.42. The summed E-state index contributed by atoms with van der Waals surface area (Å²) < 4.78 is 0. The Morgan fingerprint density at radius 1 is 1.17 bits per heavy atom. The Hall–Kier alpha value is -2.61. The van der Waals surface area contributed by atoms with Gasteiger partial charge in [0.05, 0.1) is 6.54 Å². The van der Waals surface area contributed by atoms with Crippen molar-refractivity contribution in [2.75, 3.05) is 5.32 Å². The Morgan fingerprint density at radius 3 is 2.39 bits per heavy atom. The largest absolute Gasteiger partial charge is 0.296 e. The molecule has 23 heavy (non-hydrogen) atoms. The maximum atomic E-state index is 12.1. The van der Waals surface area contributed by atoms with Crippen molar-refractivity contribution >= 4 is 34.2 Å². The third-order valence-corrected chi connectivity index (χ3v) is 4.21. The van der Waals surface area contributed by atoms with Crippen molar-refractivity contribution in [2.24, 2.45) is 0 Å². The molecular weight excluding hydrogens is 316 g/mol. The van der Waals surface area contributed by atoms with Crippen LogP contribution in [0.25, 0.3) is 0 Å². The molecule has 3 amide bonds. The van der Waals surface area contributed by atoms with Gasteiger partial charge in [0.25, 0.3) is 5.91 Å². The van der Waals surface area contributed by atoms with E-state index in [0.717, 1.165) is 10.6 Å². The number of benzene rings is 1. The number of anilines is 1. The van der Waals surface area contributed by atoms with Crippen LogP contribution in [0.4, 0.5) is 5.13 Å². The van der Waals surface area contributed by atoms with E-state index in [4.69, 9.17) is 0 Å². The number of carbonyl (C=O) groups is 3. The molecule has 0 atom stereocenters. The molecule has 8 heteroatoms. The molecule has 0 saturated carbocycles. The lowest BCUT2D eigenvalue weighted by Gasteiger charge is -2.13. The summed E-state index contributed by atoms with van der Waals surface area (Å²) in [7, 11) is 0. The molecule has 1 fully saturated rings. The first kappa shape index (κ1) is 15.3. The standard InChI is InChI=1S/C15H14N4O3S/c1-9-17-18-15(23-9)16-14(22)11-4-2-10(3-5-11)8-19-12(20)6-7-13(19)21/h2-5H,6-8H2,1H3,(H,16,18,22). The summed E-state index contributed by atoms with van der Waals surface area (Å²) in [5.74, 6) is -0.576. The van der Waals surface area contributed by atoms with E-state index in [0.29, 0.717) is 10.7 Å². The summed E-state index contributed by atoms with van der Waals surface area (Å²) in [5.41, 5.74) is 1.28. The second-order valence-corrected chi connectivity index (χ2v) is 6.33. The predicted molar refractivity (Wildman–Crippen MR) is 83.8 cm³/mol. The van der Waals surface area contributed by atoms with Crippen LogP contribution in [0.15, 0.2) is 24.3 Å². The van der Waals surface area contributed by atoms with E-state index in [1.54, 1.807) is 24.3 Å². The second-order valence-electron chi connectivity index (χ2n) is 5.15. The van der Waals surface area contributed by atoms with Gasteiger partial charge in [-0.2, -0.15) is 0 Å². The van der Waals surface area contributed by atoms with Crippen LogP contribution in [0.3, 0.4) is 0 Å². The fourth-order valence-electron chi connectivity index (χ4n) is 2.26. The average Bonchev–Trinajstić information content (AvgIpc) is 3.08. The molecule has 1 N–H and O–H groups in total. The zero-order valence-corrected chi connectivity index (χ0v) is 13.2. The maximum Gasteiger partial charge on any atom is 0.257 e. The van der Waals surface area contributed by atoms with E-state index in [1.807, 2.05) is 6.92 Å². The van der Waals surface area contributed by atoms with Gasteiger partial charge in [-0.1, -0.05) is 23.5 Å². The van der Waals surface area contributed by atoms with E-state index in [1.165, 1.54) is 16.2 Å². The first-order valence-corrected chi connectivity index (χ1v) is 7.88. The van der Waals surface area contributed by atoms with Crippen molar-refractivity contribution in [1.29, 1.82) is 0 Å². The highest BCUT2D eigenvalue weighted by molar-refractivity contribution is 7.15. The van der Waals surface area contributed by atoms with Crippen molar-refractivity contribution in [2.45, 2.75) is 26.3 Å². The molecular formula is C15H14N4O3S. The third-order valence-electron chi connectivity index (χ3n) is 3.46. The summed E-state index contributed by atoms with van der Waals surface area (Å²) in [4.78, 5) is 36.5. The van der Waals surface area contributed by atoms with E-state index >= 15 is 0 Å². The van der Waals surface area contributed by atoms with Gasteiger partial charge in [0, 0.05) is 18.4 Å². The van der Waals surface area contributed by atoms with Crippen LogP contribution in [0, 0.1) is 6.92 Å². The lowest BCUT2D eigenvalue weighted by Crippen LogP contribution is -2.28. The Morgan fingerprint density at radius 2 is 1.83 bits per heavy atom. The Labute approximate surface area is 136 Å². The van der Waals surface area contributed by atoms with Crippen molar-refractivity contribution in [3.05, 3.63) is 40.4 Å². The molecule has 0 unspecified atom stereocenters. The molecule has 1 aliphatic rings. The van der Waals surface area contributed by atoms with Crippen LogP contribution in [0.1, 0.15) is 33.8 Å². The van der Waals surface area contributed by atoms with E-state index in [2.05, 4.69) is 15.5 Å². The second kappa shape index (κ2) is 6.25. The number of amides is 3. The number of aryl methyl sites for hydroxylation is 1. The van der Waals surface area contributed by atoms with Crippen LogP contribution >= 0.6 is 11.3 Å². The summed E-state index contributed by atoms with van der Waals surface area (Å²) in [5, 5.41) is 11.6. The number of carbonyl (C=O) groups excluding carboxylic acids is 3. The fraction of sp³-hybridized carbons (Fsp3) is 0.267. The summed E-state index contributed by atoms with van der Waals surface area (Å²) in [6.07, 6.45) is 0.557. The van der Waals surface area contributed by atoms with Crippen LogP contribution in [-0.4, -0.2) is 32.8 Å². The first-order valence-electron chi connectivity index (χ1n) is 7.06. The van der Waals surface area contributed by atoms with Crippen molar-refractivity contribution in [3.63, 3.8) is 0 Å². The van der Waals surface area contributed by atoms with Gasteiger partial charge in [-0.05, 0) is 24.6 Å². The Kier molecular flexibility index (Phi) is 4.16. The number of aromatic nitrogens is 2. The number of nitrogens with zero attached hydrogens (tertiary/aromatic N) is 3. The highest BCUT2D eigenvalue weighted by Crippen LogP contribution is 2.18. The number of likely N-dealkylation sites (tertiary alicyclic amines) is 1. The van der Waals surface area contributed by atoms with E-state index in [9.17, 15) is 14.4 Å². The van der Waals surface area contributed by atoms with E-state index < -0.39 is 0 Å². The molecule has 0 spiro atoms. The molecule has 7 nitrogen and oxygen atoms in total. The first-order chi connectivity index (χ1) is 11.0. The normalized spacial score (nSPS) is 14.4. The SMILES string of the molecule is Cc1nnc(NC(=O)c2ccc(CN3C(=O)CCC3=O)cc2)s1. The molecule has 0 aliphatic carbocycles. The Bertz CT molecular complexity index is 753. The molecule has 1 aliphatic heterocycles. The minimum Gasteiger partial charge on any atom is -0.296 e. The molecule has 118 valence electrons. The minimum absolute atomic E-state index is 0.150. The van der Waals surface area contributed by atoms with Gasteiger partial charge in [-0.25, -0.2) is 0 Å². The predicted octanol–water partition coefficient (Wildman–Crippen LogP) is 1.75. The van der Waals surface area contributed by atoms with Gasteiger partial charge < -0.3 is 0 Å². The van der Waals surface area contributed by atoms with Gasteiger partial charge in [-0.3, -0.25) is 24.6 Å². The molecule has 0 bridgehead atoms. The molecule has 1 saturated heterocycles. The maximum absolute atomic E-state index is 12.1. The summed E-state index contributed by atoms with van der Waals surface area (Å²) >= 11 is 1.30. The Balaban J connectivity index is 1.65. The lowest BCUT2D eigenvalue weighted by atomic mass is 10.1. The minimum atomic E-state index is -0.277. The number of hydrogen-bond donors (Lipinski definition) is 1. The quantitative estimate of drug-likeness (QED) is 0.862. The molecule has 2 heterocycles. The van der Waals surface area contributed by atoms with Gasteiger partial charge >= 0.3 is 0 Å². The van der Waals surface area contributed by atoms with Gasteiger partial charge in [0.15, 0.2) is 0 Å². The summed E-state index contributed by atoms with van der Waals surface area (Å²) in [6, 6.07) is 6.78. The lowest BCUT2D eigenvalue weighted by molar-refractivity contribution is -0.139.